The molecule has 1 aromatic carbocycles. The highest BCUT2D eigenvalue weighted by atomic mass is 35.5. The Kier molecular flexibility index (Phi) is 4.61. The van der Waals surface area contributed by atoms with Gasteiger partial charge >= 0.3 is 0 Å². The van der Waals surface area contributed by atoms with Crippen LogP contribution < -0.4 is 10.1 Å². The van der Waals surface area contributed by atoms with E-state index < -0.39 is 0 Å². The average molecular weight is 440 g/mol. The number of imidazole rings is 1. The van der Waals surface area contributed by atoms with Gasteiger partial charge in [-0.3, -0.25) is 14.5 Å². The van der Waals surface area contributed by atoms with Crippen molar-refractivity contribution < 1.29 is 9.53 Å². The smallest absolute Gasteiger partial charge is 0.229 e. The molecule has 1 aliphatic rings. The van der Waals surface area contributed by atoms with E-state index in [1.165, 1.54) is 11.3 Å². The number of nitriles is 1. The van der Waals surface area contributed by atoms with E-state index in [1.807, 2.05) is 6.07 Å². The second-order valence-electron chi connectivity index (χ2n) is 6.74. The zero-order valence-corrected chi connectivity index (χ0v) is 17.0. The lowest BCUT2D eigenvalue weighted by molar-refractivity contribution is -0.117. The molecule has 0 saturated heterocycles. The molecular weight excluding hydrogens is 426 g/mol. The highest BCUT2D eigenvalue weighted by molar-refractivity contribution is 7.22. The summed E-state index contributed by atoms with van der Waals surface area (Å²) in [7, 11) is 0. The molecule has 1 fully saturated rings. The number of aromatic nitrogens is 5. The van der Waals surface area contributed by atoms with Crippen molar-refractivity contribution in [3.8, 4) is 28.9 Å². The SMILES string of the molecule is N#CCOc1ccc(-c2cncn2-c2n[nH]c3nc(NC(=O)C4CC4)sc23)c(Cl)c1. The minimum atomic E-state index is -0.0517. The van der Waals surface area contributed by atoms with Gasteiger partial charge < -0.3 is 10.1 Å². The van der Waals surface area contributed by atoms with Gasteiger partial charge in [0.05, 0.1) is 16.9 Å². The van der Waals surface area contributed by atoms with Gasteiger partial charge in [-0.05, 0) is 31.0 Å². The summed E-state index contributed by atoms with van der Waals surface area (Å²) in [6.45, 7) is -0.0517. The number of hydrogen-bond acceptors (Lipinski definition) is 7. The number of fused-ring (bicyclic) bond motifs is 1. The maximum atomic E-state index is 12.0. The van der Waals surface area contributed by atoms with Crippen LogP contribution in [0.5, 0.6) is 5.75 Å². The monoisotopic (exact) mass is 439 g/mol. The number of H-pyrrole nitrogens is 1. The van der Waals surface area contributed by atoms with Crippen LogP contribution in [0.15, 0.2) is 30.7 Å². The number of benzene rings is 1. The van der Waals surface area contributed by atoms with E-state index in [0.717, 1.165) is 28.8 Å². The standard InChI is InChI=1S/C19H14ClN7O2S/c20-13-7-11(29-6-5-21)3-4-12(13)14-8-22-9-27(14)17-15-16(25-26-17)23-19(30-15)24-18(28)10-1-2-10/h3-4,7-10H,1-2,6H2,(H2,23,24,25,26,28). The molecule has 0 radical (unpaired) electrons. The fraction of sp³-hybridized carbons (Fsp3) is 0.211. The summed E-state index contributed by atoms with van der Waals surface area (Å²) in [6, 6.07) is 7.13. The van der Waals surface area contributed by atoms with Crippen molar-refractivity contribution >= 4 is 44.3 Å². The molecule has 0 unspecified atom stereocenters. The minimum absolute atomic E-state index is 0.00900. The zero-order valence-electron chi connectivity index (χ0n) is 15.4. The highest BCUT2D eigenvalue weighted by Crippen LogP contribution is 2.36. The number of ether oxygens (including phenoxy) is 1. The predicted molar refractivity (Wildman–Crippen MR) is 112 cm³/mol. The van der Waals surface area contributed by atoms with E-state index >= 15 is 0 Å². The van der Waals surface area contributed by atoms with E-state index in [-0.39, 0.29) is 18.4 Å². The number of carbonyl (C=O) groups is 1. The largest absolute Gasteiger partial charge is 0.479 e. The quantitative estimate of drug-likeness (QED) is 0.471. The Morgan fingerprint density at radius 1 is 1.47 bits per heavy atom. The lowest BCUT2D eigenvalue weighted by Gasteiger charge is -2.09. The van der Waals surface area contributed by atoms with Gasteiger partial charge in [-0.25, -0.2) is 9.97 Å². The van der Waals surface area contributed by atoms with Gasteiger partial charge in [0.15, 0.2) is 23.2 Å². The number of aromatic amines is 1. The van der Waals surface area contributed by atoms with E-state index in [2.05, 4.69) is 25.5 Å². The second-order valence-corrected chi connectivity index (χ2v) is 8.15. The van der Waals surface area contributed by atoms with Crippen LogP contribution in [-0.2, 0) is 4.79 Å². The van der Waals surface area contributed by atoms with Crippen molar-refractivity contribution in [2.45, 2.75) is 12.8 Å². The molecule has 0 aliphatic heterocycles. The van der Waals surface area contributed by atoms with Crippen molar-refractivity contribution in [3.05, 3.63) is 35.7 Å². The molecule has 150 valence electrons. The molecule has 0 atom stereocenters. The molecule has 9 nitrogen and oxygen atoms in total. The van der Waals surface area contributed by atoms with Crippen LogP contribution in [-0.4, -0.2) is 37.2 Å². The third-order valence-electron chi connectivity index (χ3n) is 4.66. The van der Waals surface area contributed by atoms with Gasteiger partial charge in [0.1, 0.15) is 22.8 Å². The molecule has 5 rings (SSSR count). The summed E-state index contributed by atoms with van der Waals surface area (Å²) in [5.74, 6) is 1.24. The molecule has 3 heterocycles. The number of nitrogens with one attached hydrogen (secondary N) is 2. The Balaban J connectivity index is 1.48. The van der Waals surface area contributed by atoms with Crippen molar-refractivity contribution in [3.63, 3.8) is 0 Å². The first-order valence-corrected chi connectivity index (χ1v) is 10.3. The average Bonchev–Trinajstić information content (AvgIpc) is 3.17. The molecular formula is C19H14ClN7O2S. The summed E-state index contributed by atoms with van der Waals surface area (Å²) in [6.07, 6.45) is 5.20. The molecule has 0 spiro atoms. The summed E-state index contributed by atoms with van der Waals surface area (Å²) in [5, 5.41) is 19.8. The van der Waals surface area contributed by atoms with Crippen molar-refractivity contribution in [2.75, 3.05) is 11.9 Å². The number of hydrogen-bond donors (Lipinski definition) is 2. The molecule has 1 amide bonds. The van der Waals surface area contributed by atoms with E-state index in [9.17, 15) is 4.79 Å². The fourth-order valence-electron chi connectivity index (χ4n) is 3.05. The van der Waals surface area contributed by atoms with Gasteiger partial charge in [0.25, 0.3) is 0 Å². The van der Waals surface area contributed by atoms with Gasteiger partial charge in [0.2, 0.25) is 5.91 Å². The first kappa shape index (κ1) is 18.6. The molecule has 4 aromatic rings. The van der Waals surface area contributed by atoms with Gasteiger partial charge in [-0.1, -0.05) is 22.9 Å². The number of thiazole rings is 1. The van der Waals surface area contributed by atoms with Crippen LogP contribution in [0.2, 0.25) is 5.02 Å². The first-order valence-electron chi connectivity index (χ1n) is 9.12. The molecule has 1 aliphatic carbocycles. The molecule has 11 heteroatoms. The summed E-state index contributed by atoms with van der Waals surface area (Å²) >= 11 is 7.81. The third kappa shape index (κ3) is 3.38. The van der Waals surface area contributed by atoms with Crippen molar-refractivity contribution in [1.29, 1.82) is 5.26 Å². The van der Waals surface area contributed by atoms with Crippen LogP contribution in [0.25, 0.3) is 27.4 Å². The summed E-state index contributed by atoms with van der Waals surface area (Å²) < 4.78 is 7.90. The van der Waals surface area contributed by atoms with Crippen LogP contribution in [0.1, 0.15) is 12.8 Å². The topological polar surface area (TPSA) is 122 Å². The molecule has 30 heavy (non-hydrogen) atoms. The van der Waals surface area contributed by atoms with Gasteiger partial charge in [-0.15, -0.1) is 0 Å². The second kappa shape index (κ2) is 7.44. The van der Waals surface area contributed by atoms with Crippen molar-refractivity contribution in [2.24, 2.45) is 5.92 Å². The lowest BCUT2D eigenvalue weighted by atomic mass is 10.1. The van der Waals surface area contributed by atoms with E-state index in [4.69, 9.17) is 21.6 Å². The van der Waals surface area contributed by atoms with Crippen molar-refractivity contribution in [1.82, 2.24) is 24.7 Å². The van der Waals surface area contributed by atoms with Crippen LogP contribution in [0.3, 0.4) is 0 Å². The Bertz CT molecular complexity index is 1300. The normalized spacial score (nSPS) is 13.3. The predicted octanol–water partition coefficient (Wildman–Crippen LogP) is 3.78. The van der Waals surface area contributed by atoms with Gasteiger partial charge in [0, 0.05) is 11.5 Å². The summed E-state index contributed by atoms with van der Waals surface area (Å²) in [4.78, 5) is 20.7. The minimum Gasteiger partial charge on any atom is -0.479 e. The number of anilines is 1. The number of halogens is 1. The molecule has 3 aromatic heterocycles. The Morgan fingerprint density at radius 2 is 2.33 bits per heavy atom. The maximum Gasteiger partial charge on any atom is 0.229 e. The number of amides is 1. The number of carbonyl (C=O) groups excluding carboxylic acids is 1. The van der Waals surface area contributed by atoms with E-state index in [0.29, 0.717) is 27.4 Å². The van der Waals surface area contributed by atoms with Crippen LogP contribution in [0.4, 0.5) is 5.13 Å². The van der Waals surface area contributed by atoms with Crippen LogP contribution in [0, 0.1) is 17.2 Å². The first-order chi connectivity index (χ1) is 14.6. The summed E-state index contributed by atoms with van der Waals surface area (Å²) in [5.41, 5.74) is 2.06. The number of rotatable bonds is 6. The Morgan fingerprint density at radius 3 is 3.10 bits per heavy atom. The fourth-order valence-corrected chi connectivity index (χ4v) is 4.22. The van der Waals surface area contributed by atoms with Gasteiger partial charge in [-0.2, -0.15) is 10.4 Å². The lowest BCUT2D eigenvalue weighted by Crippen LogP contribution is -2.12. The Labute approximate surface area is 179 Å². The molecule has 2 N–H and O–H groups in total. The third-order valence-corrected chi connectivity index (χ3v) is 5.94. The highest BCUT2D eigenvalue weighted by Gasteiger charge is 2.30. The maximum absolute atomic E-state index is 12.0. The Hall–Kier alpha value is -3.42. The van der Waals surface area contributed by atoms with Crippen LogP contribution >= 0.6 is 22.9 Å². The van der Waals surface area contributed by atoms with E-state index in [1.54, 1.807) is 35.3 Å². The molecule has 0 bridgehead atoms. The zero-order chi connectivity index (χ0) is 20.7. The molecule has 1 saturated carbocycles. The number of nitrogens with zero attached hydrogens (tertiary/aromatic N) is 5.